The van der Waals surface area contributed by atoms with E-state index in [4.69, 9.17) is 12.2 Å². The van der Waals surface area contributed by atoms with Gasteiger partial charge >= 0.3 is 0 Å². The van der Waals surface area contributed by atoms with Crippen LogP contribution in [0.1, 0.15) is 90.9 Å². The quantitative estimate of drug-likeness (QED) is 0.342. The molecule has 0 saturated heterocycles. The Morgan fingerprint density at radius 2 is 0.950 bits per heavy atom. The second-order valence-corrected chi connectivity index (χ2v) is 6.13. The van der Waals surface area contributed by atoms with E-state index in [1.807, 2.05) is 0 Å². The van der Waals surface area contributed by atoms with Crippen molar-refractivity contribution in [3.63, 3.8) is 0 Å². The highest BCUT2D eigenvalue weighted by Gasteiger charge is 1.95. The Hall–Kier alpha value is -0.310. The van der Waals surface area contributed by atoms with Crippen molar-refractivity contribution >= 4 is 17.3 Å². The maximum atomic E-state index is 5.26. The van der Waals surface area contributed by atoms with Gasteiger partial charge in [-0.15, -0.1) is 0 Å². The number of rotatable bonds is 14. The van der Waals surface area contributed by atoms with Gasteiger partial charge in [-0.3, -0.25) is 0 Å². The maximum Gasteiger partial charge on any atom is 0.166 e. The first-order chi connectivity index (χ1) is 9.81. The largest absolute Gasteiger partial charge is 0.363 e. The van der Waals surface area contributed by atoms with Crippen molar-refractivity contribution in [3.05, 3.63) is 0 Å². The van der Waals surface area contributed by atoms with Crippen molar-refractivity contribution in [2.75, 3.05) is 13.1 Å². The lowest BCUT2D eigenvalue weighted by molar-refractivity contribution is 0.571. The first-order valence-corrected chi connectivity index (χ1v) is 9.23. The summed E-state index contributed by atoms with van der Waals surface area (Å²) in [7, 11) is 0. The number of nitrogens with one attached hydrogen (secondary N) is 2. The van der Waals surface area contributed by atoms with Crippen LogP contribution in [0.4, 0.5) is 0 Å². The van der Waals surface area contributed by atoms with E-state index < -0.39 is 0 Å². The molecular formula is C17H36N2S. The smallest absolute Gasteiger partial charge is 0.166 e. The topological polar surface area (TPSA) is 24.1 Å². The van der Waals surface area contributed by atoms with Gasteiger partial charge in [0.05, 0.1) is 0 Å². The predicted octanol–water partition coefficient (Wildman–Crippen LogP) is 5.17. The fourth-order valence-electron chi connectivity index (χ4n) is 2.28. The fourth-order valence-corrected chi connectivity index (χ4v) is 2.48. The van der Waals surface area contributed by atoms with E-state index in [9.17, 15) is 0 Å². The van der Waals surface area contributed by atoms with Gasteiger partial charge < -0.3 is 10.6 Å². The van der Waals surface area contributed by atoms with Gasteiger partial charge in [-0.2, -0.15) is 0 Å². The van der Waals surface area contributed by atoms with Gasteiger partial charge in [0.2, 0.25) is 0 Å². The summed E-state index contributed by atoms with van der Waals surface area (Å²) in [6.45, 7) is 6.55. The van der Waals surface area contributed by atoms with Gasteiger partial charge in [-0.25, -0.2) is 0 Å². The Morgan fingerprint density at radius 3 is 1.40 bits per heavy atom. The molecule has 0 unspecified atom stereocenters. The lowest BCUT2D eigenvalue weighted by Gasteiger charge is -2.10. The highest BCUT2D eigenvalue weighted by Crippen LogP contribution is 2.07. The molecule has 20 heavy (non-hydrogen) atoms. The van der Waals surface area contributed by atoms with Crippen molar-refractivity contribution in [3.8, 4) is 0 Å². The van der Waals surface area contributed by atoms with Crippen LogP contribution < -0.4 is 10.6 Å². The summed E-state index contributed by atoms with van der Waals surface area (Å²) >= 11 is 5.26. The molecule has 0 radical (unpaired) electrons. The zero-order chi connectivity index (χ0) is 14.9. The molecule has 0 aliphatic rings. The zero-order valence-corrected chi connectivity index (χ0v) is 14.6. The molecule has 0 aromatic heterocycles. The van der Waals surface area contributed by atoms with Crippen molar-refractivity contribution in [2.24, 2.45) is 0 Å². The van der Waals surface area contributed by atoms with Crippen LogP contribution in [0.2, 0.25) is 0 Å². The molecule has 0 bridgehead atoms. The Labute approximate surface area is 132 Å². The van der Waals surface area contributed by atoms with Gasteiger partial charge in [-0.05, 0) is 25.1 Å². The summed E-state index contributed by atoms with van der Waals surface area (Å²) in [4.78, 5) is 0. The van der Waals surface area contributed by atoms with Crippen molar-refractivity contribution in [1.82, 2.24) is 10.6 Å². The Balaban J connectivity index is 3.11. The lowest BCUT2D eigenvalue weighted by atomic mass is 10.1. The molecule has 0 aromatic rings. The van der Waals surface area contributed by atoms with Gasteiger partial charge in [0, 0.05) is 13.1 Å². The van der Waals surface area contributed by atoms with E-state index in [0.29, 0.717) is 0 Å². The standard InChI is InChI=1S/C17H36N2S/c1-3-5-7-9-10-11-12-14-16-19-17(20)18-15-13-8-6-4-2/h3-16H2,1-2H3,(H2,18,19,20). The van der Waals surface area contributed by atoms with E-state index >= 15 is 0 Å². The van der Waals surface area contributed by atoms with Crippen LogP contribution in [0.15, 0.2) is 0 Å². The molecule has 0 aliphatic heterocycles. The summed E-state index contributed by atoms with van der Waals surface area (Å²) in [5.74, 6) is 0. The molecule has 2 N–H and O–H groups in total. The summed E-state index contributed by atoms with van der Waals surface area (Å²) in [6.07, 6.45) is 16.1. The first kappa shape index (κ1) is 19.7. The monoisotopic (exact) mass is 300 g/mol. The minimum absolute atomic E-state index is 0.837. The molecule has 3 heteroatoms. The first-order valence-electron chi connectivity index (χ1n) is 8.83. The molecule has 0 aliphatic carbocycles. The SMILES string of the molecule is CCCCCCCCCCNC(=S)NCCCCCC. The minimum Gasteiger partial charge on any atom is -0.363 e. The Morgan fingerprint density at radius 1 is 0.600 bits per heavy atom. The summed E-state index contributed by atoms with van der Waals surface area (Å²) in [5, 5.41) is 7.43. The number of hydrogen-bond acceptors (Lipinski definition) is 1. The van der Waals surface area contributed by atoms with E-state index in [2.05, 4.69) is 24.5 Å². The number of unbranched alkanes of at least 4 members (excludes halogenated alkanes) is 10. The molecule has 0 atom stereocenters. The summed E-state index contributed by atoms with van der Waals surface area (Å²) in [6, 6.07) is 0. The van der Waals surface area contributed by atoms with Gasteiger partial charge in [-0.1, -0.05) is 78.1 Å². The maximum absolute atomic E-state index is 5.26. The fraction of sp³-hybridized carbons (Fsp3) is 0.941. The van der Waals surface area contributed by atoms with E-state index in [1.54, 1.807) is 0 Å². The average Bonchev–Trinajstić information content (AvgIpc) is 2.45. The molecule has 0 spiro atoms. The van der Waals surface area contributed by atoms with Gasteiger partial charge in [0.15, 0.2) is 5.11 Å². The van der Waals surface area contributed by atoms with Gasteiger partial charge in [0.25, 0.3) is 0 Å². The van der Waals surface area contributed by atoms with Crippen molar-refractivity contribution in [1.29, 1.82) is 0 Å². The second-order valence-electron chi connectivity index (χ2n) is 5.72. The van der Waals surface area contributed by atoms with E-state index in [0.717, 1.165) is 18.2 Å². The third-order valence-corrected chi connectivity index (χ3v) is 3.92. The minimum atomic E-state index is 0.837. The molecule has 0 saturated carbocycles. The average molecular weight is 301 g/mol. The highest BCUT2D eigenvalue weighted by molar-refractivity contribution is 7.80. The highest BCUT2D eigenvalue weighted by atomic mass is 32.1. The molecule has 120 valence electrons. The molecule has 0 heterocycles. The van der Waals surface area contributed by atoms with Crippen LogP contribution in [0.3, 0.4) is 0 Å². The molecule has 0 aromatic carbocycles. The van der Waals surface area contributed by atoms with Crippen LogP contribution in [-0.2, 0) is 0 Å². The van der Waals surface area contributed by atoms with Crippen molar-refractivity contribution < 1.29 is 0 Å². The van der Waals surface area contributed by atoms with Crippen LogP contribution >= 0.6 is 12.2 Å². The van der Waals surface area contributed by atoms with Crippen LogP contribution in [-0.4, -0.2) is 18.2 Å². The molecule has 0 rings (SSSR count). The molecule has 0 amide bonds. The Kier molecular flexibility index (Phi) is 16.5. The zero-order valence-electron chi connectivity index (χ0n) is 13.8. The van der Waals surface area contributed by atoms with Crippen LogP contribution in [0, 0.1) is 0 Å². The van der Waals surface area contributed by atoms with Crippen LogP contribution in [0.5, 0.6) is 0 Å². The molecular weight excluding hydrogens is 264 g/mol. The third-order valence-electron chi connectivity index (χ3n) is 3.63. The number of hydrogen-bond donors (Lipinski definition) is 2. The Bertz CT molecular complexity index is 207. The predicted molar refractivity (Wildman–Crippen MR) is 95.4 cm³/mol. The molecule has 2 nitrogen and oxygen atoms in total. The van der Waals surface area contributed by atoms with Crippen LogP contribution in [0.25, 0.3) is 0 Å². The molecule has 0 fully saturated rings. The van der Waals surface area contributed by atoms with Crippen molar-refractivity contribution in [2.45, 2.75) is 90.9 Å². The lowest BCUT2D eigenvalue weighted by Crippen LogP contribution is -2.36. The van der Waals surface area contributed by atoms with E-state index in [-0.39, 0.29) is 0 Å². The number of thiocarbonyl (C=S) groups is 1. The van der Waals surface area contributed by atoms with Gasteiger partial charge in [0.1, 0.15) is 0 Å². The summed E-state index contributed by atoms with van der Waals surface area (Å²) < 4.78 is 0. The second kappa shape index (κ2) is 16.7. The normalized spacial score (nSPS) is 10.5. The third kappa shape index (κ3) is 15.7. The van der Waals surface area contributed by atoms with E-state index in [1.165, 1.54) is 77.0 Å². The summed E-state index contributed by atoms with van der Waals surface area (Å²) in [5.41, 5.74) is 0.